The molecule has 0 spiro atoms. The van der Waals surface area contributed by atoms with Gasteiger partial charge in [0.15, 0.2) is 0 Å². The summed E-state index contributed by atoms with van der Waals surface area (Å²) in [7, 11) is 0. The summed E-state index contributed by atoms with van der Waals surface area (Å²) in [4.78, 5) is 6.37. The molecule has 3 aromatic rings. The normalized spacial score (nSPS) is 16.7. The van der Waals surface area contributed by atoms with Gasteiger partial charge >= 0.3 is 0 Å². The van der Waals surface area contributed by atoms with Crippen molar-refractivity contribution in [3.63, 3.8) is 0 Å². The number of nitrogens with one attached hydrogen (secondary N) is 2. The number of nitrogens with zero attached hydrogens (tertiary/aromatic N) is 3. The lowest BCUT2D eigenvalue weighted by molar-refractivity contribution is 0.133. The summed E-state index contributed by atoms with van der Waals surface area (Å²) in [5.41, 5.74) is 3.13. The summed E-state index contributed by atoms with van der Waals surface area (Å²) < 4.78 is 22.3. The molecule has 2 aromatic carbocycles. The summed E-state index contributed by atoms with van der Waals surface area (Å²) in [5.74, 6) is 6.74. The average Bonchev–Trinajstić information content (AvgIpc) is 3.53. The summed E-state index contributed by atoms with van der Waals surface area (Å²) in [6.45, 7) is 5.04. The maximum Gasteiger partial charge on any atom is 0.230 e. The van der Waals surface area contributed by atoms with Crippen LogP contribution in [0.25, 0.3) is 10.9 Å². The van der Waals surface area contributed by atoms with E-state index >= 15 is 4.39 Å². The molecule has 1 saturated carbocycles. The second-order valence-electron chi connectivity index (χ2n) is 8.63. The Balaban J connectivity index is 1.74. The van der Waals surface area contributed by atoms with E-state index in [1.165, 1.54) is 10.6 Å². The minimum Gasteiger partial charge on any atom is -0.375 e. The third-order valence-electron chi connectivity index (χ3n) is 6.12. The second kappa shape index (κ2) is 7.57. The zero-order chi connectivity index (χ0) is 22.5. The first-order valence-corrected chi connectivity index (χ1v) is 10.7. The van der Waals surface area contributed by atoms with Crippen LogP contribution in [0, 0.1) is 33.9 Å². The van der Waals surface area contributed by atoms with E-state index in [2.05, 4.69) is 23.7 Å². The molecule has 2 N–H and O–H groups in total. The van der Waals surface area contributed by atoms with Gasteiger partial charge in [-0.25, -0.2) is 4.39 Å². The zero-order valence-corrected chi connectivity index (χ0v) is 18.1. The number of aromatic nitrogens is 2. The lowest BCUT2D eigenvalue weighted by atomic mass is 10.0. The Labute approximate surface area is 185 Å². The Morgan fingerprint density at radius 3 is 2.75 bits per heavy atom. The monoisotopic (exact) mass is 429 g/mol. The van der Waals surface area contributed by atoms with E-state index in [1.54, 1.807) is 19.1 Å². The molecule has 5 rings (SSSR count). The van der Waals surface area contributed by atoms with Crippen LogP contribution in [0.5, 0.6) is 0 Å². The van der Waals surface area contributed by atoms with E-state index in [9.17, 15) is 0 Å². The molecule has 2 aliphatic rings. The number of fused-ring (bicyclic) bond motifs is 2. The molecule has 7 heteroatoms. The Morgan fingerprint density at radius 1 is 1.22 bits per heavy atom. The van der Waals surface area contributed by atoms with Gasteiger partial charge in [-0.3, -0.25) is 15.4 Å². The molecule has 32 heavy (non-hydrogen) atoms. The highest BCUT2D eigenvalue weighted by Crippen LogP contribution is 2.44. The number of ether oxygens (including phenoxy) is 1. The quantitative estimate of drug-likeness (QED) is 0.344. The number of halogens is 1. The van der Waals surface area contributed by atoms with E-state index in [-0.39, 0.29) is 22.3 Å². The fourth-order valence-electron chi connectivity index (χ4n) is 4.07. The molecule has 0 unspecified atom stereocenters. The molecule has 0 bridgehead atoms. The lowest BCUT2D eigenvalue weighted by Gasteiger charge is -2.26. The highest BCUT2D eigenvalue weighted by Gasteiger charge is 2.35. The van der Waals surface area contributed by atoms with E-state index in [4.69, 9.17) is 15.6 Å². The maximum absolute atomic E-state index is 15.1. The number of anilines is 2. The molecule has 1 aliphatic carbocycles. The predicted octanol–water partition coefficient (Wildman–Crippen LogP) is 4.32. The molecule has 2 heterocycles. The van der Waals surface area contributed by atoms with Gasteiger partial charge in [-0.05, 0) is 51.0 Å². The molecular formula is C25H24FN5O. The highest BCUT2D eigenvalue weighted by atomic mass is 19.1. The molecule has 1 fully saturated rings. The van der Waals surface area contributed by atoms with Crippen molar-refractivity contribution in [3.8, 4) is 11.8 Å². The zero-order valence-electron chi connectivity index (χ0n) is 18.1. The second-order valence-corrected chi connectivity index (χ2v) is 8.63. The standard InChI is InChI=1S/C25H24FN5O/c1-16(27)31-21-8-4-6-19(26)22(21)23(29-24(31)28)30-13-14-32-15-18-17(5-3-7-20(18)30)9-10-25(2)11-12-25/h3-8,27-28H,11-15H2,1-2H3. The average molecular weight is 429 g/mol. The first kappa shape index (κ1) is 20.4. The third-order valence-corrected chi connectivity index (χ3v) is 6.12. The molecule has 6 nitrogen and oxygen atoms in total. The largest absolute Gasteiger partial charge is 0.375 e. The fraction of sp³-hybridized carbons (Fsp3) is 0.320. The maximum atomic E-state index is 15.1. The van der Waals surface area contributed by atoms with E-state index in [1.807, 2.05) is 23.1 Å². The van der Waals surface area contributed by atoms with Gasteiger partial charge in [0.2, 0.25) is 5.62 Å². The van der Waals surface area contributed by atoms with Crippen LogP contribution in [0.3, 0.4) is 0 Å². The van der Waals surface area contributed by atoms with Crippen LogP contribution in [0.15, 0.2) is 36.4 Å². The fourth-order valence-corrected chi connectivity index (χ4v) is 4.07. The number of hydrogen-bond donors (Lipinski definition) is 2. The van der Waals surface area contributed by atoms with E-state index in [0.29, 0.717) is 31.1 Å². The van der Waals surface area contributed by atoms with Gasteiger partial charge in [-0.1, -0.05) is 24.0 Å². The Bertz CT molecular complexity index is 1380. The van der Waals surface area contributed by atoms with Crippen molar-refractivity contribution in [2.24, 2.45) is 5.41 Å². The minimum atomic E-state index is -0.440. The van der Waals surface area contributed by atoms with Crippen molar-refractivity contribution < 1.29 is 9.13 Å². The number of benzene rings is 2. The van der Waals surface area contributed by atoms with Crippen molar-refractivity contribution in [3.05, 3.63) is 59.0 Å². The van der Waals surface area contributed by atoms with Crippen molar-refractivity contribution in [2.45, 2.75) is 33.3 Å². The molecule has 0 radical (unpaired) electrons. The summed E-state index contributed by atoms with van der Waals surface area (Å²) in [6.07, 6.45) is 2.24. The SMILES string of the molecule is CC(=N)n1c(=N)nc(N2CCOCc3c(C#CC4(C)CC4)cccc32)c2c(F)cccc21. The summed E-state index contributed by atoms with van der Waals surface area (Å²) in [5, 5.41) is 16.8. The van der Waals surface area contributed by atoms with Crippen molar-refractivity contribution >= 4 is 28.2 Å². The molecule has 0 saturated heterocycles. The molecule has 0 amide bonds. The topological polar surface area (TPSA) is 78.0 Å². The molecule has 1 aromatic heterocycles. The first-order chi connectivity index (χ1) is 15.4. The summed E-state index contributed by atoms with van der Waals surface area (Å²) in [6, 6.07) is 10.6. The Morgan fingerprint density at radius 2 is 2.00 bits per heavy atom. The van der Waals surface area contributed by atoms with Crippen LogP contribution in [-0.4, -0.2) is 28.5 Å². The summed E-state index contributed by atoms with van der Waals surface area (Å²) >= 11 is 0. The van der Waals surface area contributed by atoms with Crippen LogP contribution in [0.1, 0.15) is 37.8 Å². The van der Waals surface area contributed by atoms with Gasteiger partial charge < -0.3 is 9.64 Å². The van der Waals surface area contributed by atoms with E-state index < -0.39 is 5.82 Å². The van der Waals surface area contributed by atoms with Crippen LogP contribution in [-0.2, 0) is 11.3 Å². The smallest absolute Gasteiger partial charge is 0.230 e. The van der Waals surface area contributed by atoms with Crippen LogP contribution in [0.2, 0.25) is 0 Å². The van der Waals surface area contributed by atoms with Gasteiger partial charge in [0.25, 0.3) is 0 Å². The van der Waals surface area contributed by atoms with Gasteiger partial charge in [-0.15, -0.1) is 0 Å². The Hall–Kier alpha value is -3.50. The highest BCUT2D eigenvalue weighted by molar-refractivity contribution is 5.98. The molecule has 0 atom stereocenters. The van der Waals surface area contributed by atoms with Gasteiger partial charge in [0.05, 0.1) is 24.1 Å². The van der Waals surface area contributed by atoms with Crippen LogP contribution >= 0.6 is 0 Å². The van der Waals surface area contributed by atoms with Gasteiger partial charge in [0.1, 0.15) is 17.5 Å². The van der Waals surface area contributed by atoms with Gasteiger partial charge in [-0.2, -0.15) is 4.98 Å². The number of hydrogen-bond acceptors (Lipinski definition) is 5. The Kier molecular flexibility index (Phi) is 4.83. The van der Waals surface area contributed by atoms with Crippen molar-refractivity contribution in [1.29, 1.82) is 10.8 Å². The molecular weight excluding hydrogens is 405 g/mol. The van der Waals surface area contributed by atoms with Crippen LogP contribution in [0.4, 0.5) is 15.9 Å². The van der Waals surface area contributed by atoms with Crippen molar-refractivity contribution in [2.75, 3.05) is 18.1 Å². The predicted molar refractivity (Wildman–Crippen MR) is 122 cm³/mol. The molecule has 1 aliphatic heterocycles. The first-order valence-electron chi connectivity index (χ1n) is 10.7. The van der Waals surface area contributed by atoms with Crippen molar-refractivity contribution in [1.82, 2.24) is 9.55 Å². The third kappa shape index (κ3) is 3.47. The van der Waals surface area contributed by atoms with E-state index in [0.717, 1.165) is 29.7 Å². The number of rotatable bonds is 1. The van der Waals surface area contributed by atoms with Gasteiger partial charge in [0, 0.05) is 28.8 Å². The minimum absolute atomic E-state index is 0.104. The molecule has 162 valence electrons. The lowest BCUT2D eigenvalue weighted by Crippen LogP contribution is -2.32. The van der Waals surface area contributed by atoms with Crippen LogP contribution < -0.4 is 10.5 Å².